The quantitative estimate of drug-likeness (QED) is 0.832. The molecule has 1 aliphatic heterocycles. The largest absolute Gasteiger partial charge is 0.322 e. The van der Waals surface area contributed by atoms with Gasteiger partial charge in [-0.3, -0.25) is 9.59 Å². The number of rotatable bonds is 3. The molecule has 0 aromatic heterocycles. The molecule has 25 heavy (non-hydrogen) atoms. The zero-order valence-corrected chi connectivity index (χ0v) is 15.4. The van der Waals surface area contributed by atoms with Crippen LogP contribution in [0.3, 0.4) is 0 Å². The van der Waals surface area contributed by atoms with Crippen molar-refractivity contribution in [1.29, 1.82) is 0 Å². The van der Waals surface area contributed by atoms with Gasteiger partial charge in [-0.05, 0) is 77.5 Å². The molecule has 128 valence electrons. The number of carbonyl (C=O) groups excluding carboxylic acids is 2. The maximum Gasteiger partial charge on any atom is 0.256 e. The second kappa shape index (κ2) is 6.64. The van der Waals surface area contributed by atoms with E-state index in [0.717, 1.165) is 53.6 Å². The smallest absolute Gasteiger partial charge is 0.256 e. The van der Waals surface area contributed by atoms with Crippen LogP contribution in [0.15, 0.2) is 46.9 Å². The summed E-state index contributed by atoms with van der Waals surface area (Å²) in [6.07, 6.45) is 3.94. The van der Waals surface area contributed by atoms with Crippen molar-refractivity contribution >= 4 is 39.1 Å². The van der Waals surface area contributed by atoms with Crippen LogP contribution in [0.25, 0.3) is 0 Å². The summed E-state index contributed by atoms with van der Waals surface area (Å²) in [5.74, 6) is 0.334. The molecule has 0 atom stereocenters. The highest BCUT2D eigenvalue weighted by Gasteiger charge is 2.35. The Labute approximate surface area is 155 Å². The van der Waals surface area contributed by atoms with Gasteiger partial charge in [0.2, 0.25) is 5.91 Å². The first-order valence-electron chi connectivity index (χ1n) is 8.63. The number of fused-ring (bicyclic) bond motifs is 1. The number of nitrogens with one attached hydrogen (secondary N) is 1. The predicted molar refractivity (Wildman–Crippen MR) is 102 cm³/mol. The first-order valence-corrected chi connectivity index (χ1v) is 9.43. The lowest BCUT2D eigenvalue weighted by atomic mass is 10.00. The number of benzene rings is 2. The molecule has 1 N–H and O–H groups in total. The fourth-order valence-electron chi connectivity index (χ4n) is 3.30. The van der Waals surface area contributed by atoms with Crippen LogP contribution in [0.4, 0.5) is 11.4 Å². The monoisotopic (exact) mass is 398 g/mol. The molecule has 2 aromatic rings. The zero-order chi connectivity index (χ0) is 17.4. The third kappa shape index (κ3) is 3.33. The van der Waals surface area contributed by atoms with E-state index in [1.165, 1.54) is 0 Å². The SMILES string of the molecule is O=C(Nc1ccc2c(c1)CCCN2C(=O)C1CC1)c1ccccc1Br. The van der Waals surface area contributed by atoms with E-state index in [9.17, 15) is 9.59 Å². The Morgan fingerprint density at radius 1 is 1.12 bits per heavy atom. The Morgan fingerprint density at radius 2 is 1.92 bits per heavy atom. The Hall–Kier alpha value is -2.14. The van der Waals surface area contributed by atoms with Crippen LogP contribution in [0.5, 0.6) is 0 Å². The fraction of sp³-hybridized carbons (Fsp3) is 0.300. The molecule has 4 nitrogen and oxygen atoms in total. The third-order valence-electron chi connectivity index (χ3n) is 4.77. The molecule has 4 rings (SSSR count). The Bertz CT molecular complexity index is 845. The molecule has 1 heterocycles. The van der Waals surface area contributed by atoms with Gasteiger partial charge in [-0.25, -0.2) is 0 Å². The number of hydrogen-bond acceptors (Lipinski definition) is 2. The van der Waals surface area contributed by atoms with E-state index in [0.29, 0.717) is 5.56 Å². The molecule has 1 aliphatic carbocycles. The van der Waals surface area contributed by atoms with E-state index in [-0.39, 0.29) is 17.7 Å². The lowest BCUT2D eigenvalue weighted by Gasteiger charge is -2.30. The Balaban J connectivity index is 1.56. The summed E-state index contributed by atoms with van der Waals surface area (Å²) in [6.45, 7) is 0.797. The molecule has 0 radical (unpaired) electrons. The van der Waals surface area contributed by atoms with Crippen molar-refractivity contribution in [3.8, 4) is 0 Å². The molecular formula is C20H19BrN2O2. The zero-order valence-electron chi connectivity index (χ0n) is 13.8. The minimum Gasteiger partial charge on any atom is -0.322 e. The molecule has 2 aromatic carbocycles. The highest BCUT2D eigenvalue weighted by atomic mass is 79.9. The first kappa shape index (κ1) is 16.3. The van der Waals surface area contributed by atoms with Gasteiger partial charge in [-0.1, -0.05) is 12.1 Å². The number of carbonyl (C=O) groups is 2. The molecule has 1 saturated carbocycles. The number of nitrogens with zero attached hydrogens (tertiary/aromatic N) is 1. The van der Waals surface area contributed by atoms with E-state index in [2.05, 4.69) is 21.2 Å². The van der Waals surface area contributed by atoms with Crippen molar-refractivity contribution < 1.29 is 9.59 Å². The van der Waals surface area contributed by atoms with Gasteiger partial charge in [-0.15, -0.1) is 0 Å². The second-order valence-corrected chi connectivity index (χ2v) is 7.50. The molecule has 2 aliphatic rings. The lowest BCUT2D eigenvalue weighted by Crippen LogP contribution is -2.36. The van der Waals surface area contributed by atoms with E-state index < -0.39 is 0 Å². The van der Waals surface area contributed by atoms with Crippen LogP contribution in [-0.2, 0) is 11.2 Å². The number of halogens is 1. The lowest BCUT2D eigenvalue weighted by molar-refractivity contribution is -0.119. The van der Waals surface area contributed by atoms with Crippen molar-refractivity contribution in [1.82, 2.24) is 0 Å². The van der Waals surface area contributed by atoms with Crippen LogP contribution >= 0.6 is 15.9 Å². The Morgan fingerprint density at radius 3 is 2.68 bits per heavy atom. The van der Waals surface area contributed by atoms with Crippen molar-refractivity contribution in [3.05, 3.63) is 58.1 Å². The molecule has 5 heteroatoms. The fourth-order valence-corrected chi connectivity index (χ4v) is 3.76. The average Bonchev–Trinajstić information content (AvgIpc) is 3.46. The van der Waals surface area contributed by atoms with Crippen molar-refractivity contribution in [2.24, 2.45) is 5.92 Å². The maximum absolute atomic E-state index is 12.5. The Kier molecular flexibility index (Phi) is 4.34. The minimum atomic E-state index is -0.144. The van der Waals surface area contributed by atoms with Gasteiger partial charge in [0.1, 0.15) is 0 Å². The summed E-state index contributed by atoms with van der Waals surface area (Å²) in [6, 6.07) is 13.2. The van der Waals surface area contributed by atoms with Crippen LogP contribution in [0.2, 0.25) is 0 Å². The van der Waals surface area contributed by atoms with E-state index >= 15 is 0 Å². The van der Waals surface area contributed by atoms with E-state index in [1.807, 2.05) is 41.3 Å². The van der Waals surface area contributed by atoms with Crippen LogP contribution in [0.1, 0.15) is 35.2 Å². The highest BCUT2D eigenvalue weighted by Crippen LogP contribution is 2.36. The van der Waals surface area contributed by atoms with Crippen molar-refractivity contribution in [2.75, 3.05) is 16.8 Å². The molecule has 0 saturated heterocycles. The van der Waals surface area contributed by atoms with Gasteiger partial charge in [0.05, 0.1) is 5.56 Å². The first-order chi connectivity index (χ1) is 12.1. The summed E-state index contributed by atoms with van der Waals surface area (Å²) in [7, 11) is 0. The van der Waals surface area contributed by atoms with Gasteiger partial charge >= 0.3 is 0 Å². The van der Waals surface area contributed by atoms with Crippen molar-refractivity contribution in [3.63, 3.8) is 0 Å². The summed E-state index contributed by atoms with van der Waals surface area (Å²) in [5.41, 5.74) is 3.50. The molecule has 2 amide bonds. The third-order valence-corrected chi connectivity index (χ3v) is 5.46. The number of anilines is 2. The average molecular weight is 399 g/mol. The van der Waals surface area contributed by atoms with Crippen LogP contribution in [-0.4, -0.2) is 18.4 Å². The van der Waals surface area contributed by atoms with Gasteiger partial charge < -0.3 is 10.2 Å². The highest BCUT2D eigenvalue weighted by molar-refractivity contribution is 9.10. The van der Waals surface area contributed by atoms with E-state index in [1.54, 1.807) is 6.07 Å². The van der Waals surface area contributed by atoms with Gasteiger partial charge in [0.15, 0.2) is 0 Å². The summed E-state index contributed by atoms with van der Waals surface area (Å²) in [5, 5.41) is 2.96. The maximum atomic E-state index is 12.5. The standard InChI is InChI=1S/C20H19BrN2O2/c21-17-6-2-1-5-16(17)19(24)22-15-9-10-18-14(12-15)4-3-11-23(18)20(25)13-7-8-13/h1-2,5-6,9-10,12-13H,3-4,7-8,11H2,(H,22,24). The second-order valence-electron chi connectivity index (χ2n) is 6.65. The van der Waals surface area contributed by atoms with Gasteiger partial charge in [-0.2, -0.15) is 0 Å². The van der Waals surface area contributed by atoms with E-state index in [4.69, 9.17) is 0 Å². The van der Waals surface area contributed by atoms with Gasteiger partial charge in [0, 0.05) is 28.3 Å². The normalized spacial score (nSPS) is 16.3. The van der Waals surface area contributed by atoms with Gasteiger partial charge in [0.25, 0.3) is 5.91 Å². The number of hydrogen-bond donors (Lipinski definition) is 1. The molecule has 0 unspecified atom stereocenters. The van der Waals surface area contributed by atoms with Crippen LogP contribution in [0, 0.1) is 5.92 Å². The number of amides is 2. The molecule has 0 bridgehead atoms. The molecule has 0 spiro atoms. The van der Waals surface area contributed by atoms with Crippen molar-refractivity contribution in [2.45, 2.75) is 25.7 Å². The number of aryl methyl sites for hydroxylation is 1. The molecule has 1 fully saturated rings. The summed E-state index contributed by atoms with van der Waals surface area (Å²) >= 11 is 3.41. The van der Waals surface area contributed by atoms with Crippen LogP contribution < -0.4 is 10.2 Å². The predicted octanol–water partition coefficient (Wildman–Crippen LogP) is 4.39. The summed E-state index contributed by atoms with van der Waals surface area (Å²) < 4.78 is 0.770. The summed E-state index contributed by atoms with van der Waals surface area (Å²) in [4.78, 5) is 26.9. The molecular weight excluding hydrogens is 380 g/mol. The topological polar surface area (TPSA) is 49.4 Å². The minimum absolute atomic E-state index is 0.144.